The molecular weight excluding hydrogens is 296 g/mol. The van der Waals surface area contributed by atoms with Crippen molar-refractivity contribution in [3.8, 4) is 0 Å². The SMILES string of the molecule is C[C@@]1(C(=O)O)CCC[C@@]2(S)[C@@H]3CC[C@@]4(O)CC[C@]3(CC[C@@H]21)C4. The first-order valence-corrected chi connectivity index (χ1v) is 9.37. The summed E-state index contributed by atoms with van der Waals surface area (Å²) in [4.78, 5) is 12.0. The Bertz CT molecular complexity index is 522. The minimum absolute atomic E-state index is 0.144. The van der Waals surface area contributed by atoms with Gasteiger partial charge in [0.2, 0.25) is 0 Å². The molecule has 4 aliphatic carbocycles. The summed E-state index contributed by atoms with van der Waals surface area (Å²) in [5.74, 6) is 0.0335. The third kappa shape index (κ3) is 1.77. The van der Waals surface area contributed by atoms with E-state index in [0.717, 1.165) is 64.2 Å². The van der Waals surface area contributed by atoms with E-state index in [1.807, 2.05) is 6.92 Å². The highest BCUT2D eigenvalue weighted by Gasteiger charge is 2.67. The van der Waals surface area contributed by atoms with Gasteiger partial charge < -0.3 is 10.2 Å². The summed E-state index contributed by atoms with van der Waals surface area (Å²) in [6, 6.07) is 0. The van der Waals surface area contributed by atoms with Crippen LogP contribution in [-0.4, -0.2) is 26.5 Å². The van der Waals surface area contributed by atoms with Gasteiger partial charge in [0.05, 0.1) is 11.0 Å². The third-order valence-corrected chi connectivity index (χ3v) is 8.92. The van der Waals surface area contributed by atoms with Crippen LogP contribution in [0.25, 0.3) is 0 Å². The topological polar surface area (TPSA) is 57.5 Å². The second-order valence-corrected chi connectivity index (χ2v) is 9.85. The normalized spacial score (nSPS) is 57.0. The van der Waals surface area contributed by atoms with Gasteiger partial charge in [0.15, 0.2) is 0 Å². The number of aliphatic hydroxyl groups is 1. The highest BCUT2D eigenvalue weighted by atomic mass is 32.1. The molecular formula is C18H28O3S. The van der Waals surface area contributed by atoms with Crippen LogP contribution in [-0.2, 0) is 4.79 Å². The van der Waals surface area contributed by atoms with Gasteiger partial charge in [-0.25, -0.2) is 0 Å². The van der Waals surface area contributed by atoms with E-state index in [4.69, 9.17) is 12.6 Å². The average Bonchev–Trinajstić information content (AvgIpc) is 2.68. The Morgan fingerprint density at radius 1 is 1.05 bits per heavy atom. The van der Waals surface area contributed by atoms with Crippen molar-refractivity contribution in [3.63, 3.8) is 0 Å². The zero-order valence-electron chi connectivity index (χ0n) is 13.5. The molecule has 4 saturated carbocycles. The number of hydrogen-bond donors (Lipinski definition) is 3. The maximum absolute atomic E-state index is 12.0. The molecule has 124 valence electrons. The highest BCUT2D eigenvalue weighted by molar-refractivity contribution is 7.81. The Labute approximate surface area is 138 Å². The largest absolute Gasteiger partial charge is 0.481 e. The van der Waals surface area contributed by atoms with Gasteiger partial charge in [-0.3, -0.25) is 4.79 Å². The molecule has 0 aromatic carbocycles. The fraction of sp³-hybridized carbons (Fsp3) is 0.944. The second kappa shape index (κ2) is 4.44. The second-order valence-electron chi connectivity index (χ2n) is 9.01. The fourth-order valence-electron chi connectivity index (χ4n) is 7.02. The molecule has 0 amide bonds. The lowest BCUT2D eigenvalue weighted by Gasteiger charge is -2.63. The fourth-order valence-corrected chi connectivity index (χ4v) is 8.00. The van der Waals surface area contributed by atoms with Crippen LogP contribution in [0.3, 0.4) is 0 Å². The van der Waals surface area contributed by atoms with E-state index >= 15 is 0 Å². The van der Waals surface area contributed by atoms with E-state index in [2.05, 4.69) is 0 Å². The average molecular weight is 324 g/mol. The first-order valence-electron chi connectivity index (χ1n) is 8.92. The Morgan fingerprint density at radius 2 is 1.77 bits per heavy atom. The molecule has 0 aromatic rings. The minimum atomic E-state index is -0.634. The Kier molecular flexibility index (Phi) is 3.09. The van der Waals surface area contributed by atoms with Gasteiger partial charge in [0.1, 0.15) is 0 Å². The first kappa shape index (κ1) is 15.3. The zero-order chi connectivity index (χ0) is 15.8. The monoisotopic (exact) mass is 324 g/mol. The molecule has 4 rings (SSSR count). The first-order chi connectivity index (χ1) is 10.2. The summed E-state index contributed by atoms with van der Waals surface area (Å²) in [5.41, 5.74) is -0.811. The number of thiol groups is 1. The lowest BCUT2D eigenvalue weighted by atomic mass is 9.46. The van der Waals surface area contributed by atoms with Crippen LogP contribution < -0.4 is 0 Å². The smallest absolute Gasteiger partial charge is 0.309 e. The summed E-state index contributed by atoms with van der Waals surface area (Å²) < 4.78 is -0.144. The van der Waals surface area contributed by atoms with Crippen LogP contribution in [0.15, 0.2) is 0 Å². The molecule has 4 heteroatoms. The number of carbonyl (C=O) groups is 1. The quantitative estimate of drug-likeness (QED) is 0.645. The summed E-state index contributed by atoms with van der Waals surface area (Å²) in [7, 11) is 0. The van der Waals surface area contributed by atoms with E-state index < -0.39 is 17.0 Å². The lowest BCUT2D eigenvalue weighted by molar-refractivity contribution is -0.162. The molecule has 22 heavy (non-hydrogen) atoms. The van der Waals surface area contributed by atoms with Crippen molar-refractivity contribution >= 4 is 18.6 Å². The lowest BCUT2D eigenvalue weighted by Crippen LogP contribution is -2.61. The van der Waals surface area contributed by atoms with Gasteiger partial charge in [-0.05, 0) is 82.0 Å². The van der Waals surface area contributed by atoms with Gasteiger partial charge >= 0.3 is 5.97 Å². The van der Waals surface area contributed by atoms with Gasteiger partial charge in [-0.15, -0.1) is 0 Å². The van der Waals surface area contributed by atoms with Crippen molar-refractivity contribution in [1.82, 2.24) is 0 Å². The maximum Gasteiger partial charge on any atom is 0.309 e. The molecule has 0 aromatic heterocycles. The number of fused-ring (bicyclic) bond motifs is 3. The Balaban J connectivity index is 1.74. The van der Waals surface area contributed by atoms with E-state index in [0.29, 0.717) is 5.92 Å². The molecule has 4 aliphatic rings. The third-order valence-electron chi connectivity index (χ3n) is 8.08. The Morgan fingerprint density at radius 3 is 2.50 bits per heavy atom. The number of carboxylic acids is 1. The number of aliphatic carboxylic acids is 1. The van der Waals surface area contributed by atoms with E-state index in [9.17, 15) is 15.0 Å². The predicted octanol–water partition coefficient (Wildman–Crippen LogP) is 3.65. The van der Waals surface area contributed by atoms with Crippen molar-refractivity contribution in [3.05, 3.63) is 0 Å². The van der Waals surface area contributed by atoms with Crippen molar-refractivity contribution < 1.29 is 15.0 Å². The molecule has 0 saturated heterocycles. The molecule has 1 spiro atoms. The predicted molar refractivity (Wildman–Crippen MR) is 88.0 cm³/mol. The number of carboxylic acid groups (broad SMARTS) is 1. The van der Waals surface area contributed by atoms with E-state index in [1.165, 1.54) is 0 Å². The molecule has 3 nitrogen and oxygen atoms in total. The van der Waals surface area contributed by atoms with Crippen LogP contribution >= 0.6 is 12.6 Å². The van der Waals surface area contributed by atoms with Crippen LogP contribution in [0, 0.1) is 22.7 Å². The van der Waals surface area contributed by atoms with Gasteiger partial charge in [0, 0.05) is 4.75 Å². The van der Waals surface area contributed by atoms with E-state index in [1.54, 1.807) is 0 Å². The molecule has 2 N–H and O–H groups in total. The summed E-state index contributed by atoms with van der Waals surface area (Å²) in [6.45, 7) is 1.95. The molecule has 4 fully saturated rings. The van der Waals surface area contributed by atoms with Crippen LogP contribution in [0.1, 0.15) is 71.1 Å². The standard InChI is InChI=1S/C18H28O3S/c1-15(14(19)20)5-2-6-18(22)12(15)3-7-16-9-10-17(21,11-16)8-4-13(16)18/h12-13,21-22H,2-11H2,1H3,(H,19,20)/t12-,13-,15-,16-,17-,18+/m1/s1. The molecule has 0 heterocycles. The van der Waals surface area contributed by atoms with Crippen LogP contribution in [0.4, 0.5) is 0 Å². The Hall–Kier alpha value is -0.220. The zero-order valence-corrected chi connectivity index (χ0v) is 14.4. The molecule has 6 atom stereocenters. The minimum Gasteiger partial charge on any atom is -0.481 e. The van der Waals surface area contributed by atoms with Gasteiger partial charge in [-0.1, -0.05) is 6.42 Å². The number of hydrogen-bond acceptors (Lipinski definition) is 3. The van der Waals surface area contributed by atoms with Gasteiger partial charge in [-0.2, -0.15) is 12.6 Å². The van der Waals surface area contributed by atoms with Crippen molar-refractivity contribution in [1.29, 1.82) is 0 Å². The van der Waals surface area contributed by atoms with Crippen molar-refractivity contribution in [2.24, 2.45) is 22.7 Å². The summed E-state index contributed by atoms with van der Waals surface area (Å²) >= 11 is 5.22. The van der Waals surface area contributed by atoms with Crippen molar-refractivity contribution in [2.45, 2.75) is 81.5 Å². The molecule has 2 bridgehead atoms. The molecule has 0 unspecified atom stereocenters. The van der Waals surface area contributed by atoms with E-state index in [-0.39, 0.29) is 16.1 Å². The summed E-state index contributed by atoms with van der Waals surface area (Å²) in [5, 5.41) is 20.6. The number of rotatable bonds is 1. The molecule has 0 radical (unpaired) electrons. The summed E-state index contributed by atoms with van der Waals surface area (Å²) in [6.07, 6.45) is 9.79. The highest BCUT2D eigenvalue weighted by Crippen LogP contribution is 2.70. The van der Waals surface area contributed by atoms with Gasteiger partial charge in [0.25, 0.3) is 0 Å². The van der Waals surface area contributed by atoms with Crippen LogP contribution in [0.5, 0.6) is 0 Å². The van der Waals surface area contributed by atoms with Crippen molar-refractivity contribution in [2.75, 3.05) is 0 Å². The van der Waals surface area contributed by atoms with Crippen LogP contribution in [0.2, 0.25) is 0 Å². The maximum atomic E-state index is 12.0. The molecule has 0 aliphatic heterocycles.